The monoisotopic (exact) mass is 171 g/mol. The molecule has 2 rings (SSSR count). The van der Waals surface area contributed by atoms with E-state index in [1.165, 1.54) is 37.2 Å². The lowest BCUT2D eigenvalue weighted by Crippen LogP contribution is -2.42. The molecule has 1 saturated carbocycles. The van der Waals surface area contributed by atoms with Gasteiger partial charge in [-0.05, 0) is 36.2 Å². The second-order valence-electron chi connectivity index (χ2n) is 3.92. The first kappa shape index (κ1) is 7.93. The van der Waals surface area contributed by atoms with E-state index in [1.54, 1.807) is 0 Å². The standard InChI is InChI=1S/C9H17NS/c10-9(8-5-11-6-8)7-3-1-2-4-7/h7-9H,1-6,10H2. The van der Waals surface area contributed by atoms with Crippen LogP contribution in [0.3, 0.4) is 0 Å². The molecule has 0 aromatic carbocycles. The fourth-order valence-electron chi connectivity index (χ4n) is 2.20. The molecule has 2 heteroatoms. The quantitative estimate of drug-likeness (QED) is 0.686. The third-order valence-corrected chi connectivity index (χ3v) is 4.48. The third-order valence-electron chi connectivity index (χ3n) is 3.15. The summed E-state index contributed by atoms with van der Waals surface area (Å²) >= 11 is 2.05. The Kier molecular flexibility index (Phi) is 2.42. The van der Waals surface area contributed by atoms with Crippen LogP contribution < -0.4 is 5.73 Å². The molecule has 1 nitrogen and oxygen atoms in total. The molecule has 1 heterocycles. The number of nitrogens with two attached hydrogens (primary N) is 1. The molecule has 0 amide bonds. The van der Waals surface area contributed by atoms with Crippen molar-refractivity contribution < 1.29 is 0 Å². The fourth-order valence-corrected chi connectivity index (χ4v) is 3.16. The van der Waals surface area contributed by atoms with Crippen molar-refractivity contribution in [2.45, 2.75) is 31.7 Å². The average Bonchev–Trinajstić information content (AvgIpc) is 2.32. The van der Waals surface area contributed by atoms with E-state index in [4.69, 9.17) is 5.73 Å². The molecule has 1 atom stereocenters. The molecule has 64 valence electrons. The molecular formula is C9H17NS. The summed E-state index contributed by atoms with van der Waals surface area (Å²) in [4.78, 5) is 0. The zero-order valence-corrected chi connectivity index (χ0v) is 7.78. The Balaban J connectivity index is 1.82. The minimum atomic E-state index is 0.541. The Morgan fingerprint density at radius 2 is 1.73 bits per heavy atom. The van der Waals surface area contributed by atoms with Crippen molar-refractivity contribution in [1.29, 1.82) is 0 Å². The summed E-state index contributed by atoms with van der Waals surface area (Å²) in [6.07, 6.45) is 5.67. The van der Waals surface area contributed by atoms with Crippen LogP contribution in [0.2, 0.25) is 0 Å². The highest BCUT2D eigenvalue weighted by Gasteiger charge is 2.32. The highest BCUT2D eigenvalue weighted by molar-refractivity contribution is 8.00. The number of thioether (sulfide) groups is 1. The highest BCUT2D eigenvalue weighted by Crippen LogP contribution is 2.35. The molecule has 0 spiro atoms. The SMILES string of the molecule is NC(C1CCCC1)C1CSC1. The van der Waals surface area contributed by atoms with Crippen LogP contribution >= 0.6 is 11.8 Å². The number of hydrogen-bond donors (Lipinski definition) is 1. The van der Waals surface area contributed by atoms with Crippen LogP contribution in [0.25, 0.3) is 0 Å². The Bertz CT molecular complexity index is 128. The predicted octanol–water partition coefficient (Wildman–Crippen LogP) is 1.87. The minimum Gasteiger partial charge on any atom is -0.327 e. The van der Waals surface area contributed by atoms with Crippen LogP contribution in [-0.4, -0.2) is 17.5 Å². The van der Waals surface area contributed by atoms with Gasteiger partial charge in [-0.1, -0.05) is 12.8 Å². The second-order valence-corrected chi connectivity index (χ2v) is 4.99. The molecule has 1 unspecified atom stereocenters. The molecule has 1 saturated heterocycles. The second kappa shape index (κ2) is 3.36. The zero-order valence-electron chi connectivity index (χ0n) is 6.96. The van der Waals surface area contributed by atoms with Crippen LogP contribution in [-0.2, 0) is 0 Å². The number of rotatable bonds is 2. The van der Waals surface area contributed by atoms with Gasteiger partial charge in [-0.25, -0.2) is 0 Å². The van der Waals surface area contributed by atoms with Gasteiger partial charge in [0.25, 0.3) is 0 Å². The van der Waals surface area contributed by atoms with Gasteiger partial charge in [-0.2, -0.15) is 11.8 Å². The molecule has 1 aliphatic heterocycles. The molecule has 11 heavy (non-hydrogen) atoms. The summed E-state index contributed by atoms with van der Waals surface area (Å²) in [6.45, 7) is 0. The van der Waals surface area contributed by atoms with Gasteiger partial charge in [-0.3, -0.25) is 0 Å². The van der Waals surface area contributed by atoms with Crippen LogP contribution in [0.15, 0.2) is 0 Å². The lowest BCUT2D eigenvalue weighted by molar-refractivity contribution is 0.345. The summed E-state index contributed by atoms with van der Waals surface area (Å²) in [5.74, 6) is 4.40. The maximum Gasteiger partial charge on any atom is 0.0111 e. The molecule has 0 aromatic rings. The van der Waals surface area contributed by atoms with Gasteiger partial charge in [-0.15, -0.1) is 0 Å². The molecule has 2 aliphatic rings. The van der Waals surface area contributed by atoms with Gasteiger partial charge in [0.1, 0.15) is 0 Å². The van der Waals surface area contributed by atoms with Crippen molar-refractivity contribution in [3.63, 3.8) is 0 Å². The third kappa shape index (κ3) is 1.57. The van der Waals surface area contributed by atoms with Gasteiger partial charge in [0.05, 0.1) is 0 Å². The summed E-state index contributed by atoms with van der Waals surface area (Å²) in [5.41, 5.74) is 6.17. The van der Waals surface area contributed by atoms with Crippen LogP contribution in [0.1, 0.15) is 25.7 Å². The molecule has 0 bridgehead atoms. The smallest absolute Gasteiger partial charge is 0.0111 e. The van der Waals surface area contributed by atoms with Crippen molar-refractivity contribution in [2.24, 2.45) is 17.6 Å². The van der Waals surface area contributed by atoms with E-state index in [1.807, 2.05) is 0 Å². The summed E-state index contributed by atoms with van der Waals surface area (Å²) in [6, 6.07) is 0.541. The summed E-state index contributed by atoms with van der Waals surface area (Å²) in [5, 5.41) is 0. The van der Waals surface area contributed by atoms with Gasteiger partial charge >= 0.3 is 0 Å². The van der Waals surface area contributed by atoms with E-state index in [2.05, 4.69) is 11.8 Å². The topological polar surface area (TPSA) is 26.0 Å². The molecule has 1 aliphatic carbocycles. The average molecular weight is 171 g/mol. The molecule has 2 fully saturated rings. The Labute approximate surface area is 73.1 Å². The first-order chi connectivity index (χ1) is 5.38. The van der Waals surface area contributed by atoms with E-state index >= 15 is 0 Å². The molecule has 2 N–H and O–H groups in total. The Morgan fingerprint density at radius 1 is 1.09 bits per heavy atom. The van der Waals surface area contributed by atoms with Crippen molar-refractivity contribution >= 4 is 11.8 Å². The van der Waals surface area contributed by atoms with Gasteiger partial charge in [0.2, 0.25) is 0 Å². The summed E-state index contributed by atoms with van der Waals surface area (Å²) in [7, 11) is 0. The fraction of sp³-hybridized carbons (Fsp3) is 1.00. The van der Waals surface area contributed by atoms with E-state index in [-0.39, 0.29) is 0 Å². The van der Waals surface area contributed by atoms with E-state index in [0.29, 0.717) is 6.04 Å². The van der Waals surface area contributed by atoms with E-state index < -0.39 is 0 Å². The first-order valence-electron chi connectivity index (χ1n) is 4.71. The Morgan fingerprint density at radius 3 is 2.18 bits per heavy atom. The molecule has 0 aromatic heterocycles. The zero-order chi connectivity index (χ0) is 7.68. The number of hydrogen-bond acceptors (Lipinski definition) is 2. The normalized spacial score (nSPS) is 30.3. The van der Waals surface area contributed by atoms with Gasteiger partial charge in [0.15, 0.2) is 0 Å². The van der Waals surface area contributed by atoms with Gasteiger partial charge < -0.3 is 5.73 Å². The van der Waals surface area contributed by atoms with Crippen molar-refractivity contribution in [2.75, 3.05) is 11.5 Å². The molecule has 0 radical (unpaired) electrons. The predicted molar refractivity (Wildman–Crippen MR) is 50.7 cm³/mol. The highest BCUT2D eigenvalue weighted by atomic mass is 32.2. The van der Waals surface area contributed by atoms with Crippen molar-refractivity contribution in [1.82, 2.24) is 0 Å². The van der Waals surface area contributed by atoms with E-state index in [9.17, 15) is 0 Å². The summed E-state index contributed by atoms with van der Waals surface area (Å²) < 4.78 is 0. The van der Waals surface area contributed by atoms with Crippen molar-refractivity contribution in [3.8, 4) is 0 Å². The van der Waals surface area contributed by atoms with E-state index in [0.717, 1.165) is 11.8 Å². The van der Waals surface area contributed by atoms with Crippen LogP contribution in [0, 0.1) is 11.8 Å². The van der Waals surface area contributed by atoms with Gasteiger partial charge in [0, 0.05) is 6.04 Å². The molecular weight excluding hydrogens is 154 g/mol. The maximum absolute atomic E-state index is 6.17. The lowest BCUT2D eigenvalue weighted by Gasteiger charge is -2.34. The largest absolute Gasteiger partial charge is 0.327 e. The van der Waals surface area contributed by atoms with Crippen LogP contribution in [0.5, 0.6) is 0 Å². The Hall–Kier alpha value is 0.310. The lowest BCUT2D eigenvalue weighted by atomic mass is 9.89. The minimum absolute atomic E-state index is 0.541. The van der Waals surface area contributed by atoms with Crippen molar-refractivity contribution in [3.05, 3.63) is 0 Å². The van der Waals surface area contributed by atoms with Crippen LogP contribution in [0.4, 0.5) is 0 Å². The first-order valence-corrected chi connectivity index (χ1v) is 5.87. The maximum atomic E-state index is 6.17.